The van der Waals surface area contributed by atoms with Gasteiger partial charge in [-0.1, -0.05) is 38.0 Å². The minimum Gasteiger partial charge on any atom is -0.491 e. The number of fused-ring (bicyclic) bond motifs is 1. The predicted octanol–water partition coefficient (Wildman–Crippen LogP) is 2.14. The van der Waals surface area contributed by atoms with Crippen molar-refractivity contribution >= 4 is 5.91 Å². The fourth-order valence-corrected chi connectivity index (χ4v) is 3.38. The fourth-order valence-electron chi connectivity index (χ4n) is 3.38. The Morgan fingerprint density at radius 1 is 1.45 bits per heavy atom. The molecule has 4 nitrogen and oxygen atoms in total. The van der Waals surface area contributed by atoms with Crippen LogP contribution in [0.15, 0.2) is 24.3 Å². The minimum atomic E-state index is -0.713. The van der Waals surface area contributed by atoms with E-state index >= 15 is 0 Å². The molecule has 4 heteroatoms. The summed E-state index contributed by atoms with van der Waals surface area (Å²) in [7, 11) is 0. The number of hydrogen-bond donors (Lipinski definition) is 2. The Labute approximate surface area is 119 Å². The summed E-state index contributed by atoms with van der Waals surface area (Å²) in [5.41, 5.74) is 6.67. The van der Waals surface area contributed by atoms with Crippen LogP contribution in [0.3, 0.4) is 0 Å². The Hall–Kier alpha value is -1.55. The molecule has 1 amide bonds. The Morgan fingerprint density at radius 3 is 3.05 bits per heavy atom. The zero-order chi connectivity index (χ0) is 14.2. The first-order valence-electron chi connectivity index (χ1n) is 7.40. The van der Waals surface area contributed by atoms with Gasteiger partial charge in [0.2, 0.25) is 5.91 Å². The summed E-state index contributed by atoms with van der Waals surface area (Å²) in [6.45, 7) is 2.67. The van der Waals surface area contributed by atoms with Crippen LogP contribution in [-0.4, -0.2) is 18.1 Å². The number of carbonyl (C=O) groups is 1. The van der Waals surface area contributed by atoms with Gasteiger partial charge in [0.25, 0.3) is 0 Å². The van der Waals surface area contributed by atoms with Gasteiger partial charge in [0.15, 0.2) is 0 Å². The summed E-state index contributed by atoms with van der Waals surface area (Å²) >= 11 is 0. The van der Waals surface area contributed by atoms with Gasteiger partial charge in [-0.3, -0.25) is 4.79 Å². The van der Waals surface area contributed by atoms with E-state index in [1.807, 2.05) is 24.3 Å². The van der Waals surface area contributed by atoms with Gasteiger partial charge in [0, 0.05) is 5.56 Å². The lowest BCUT2D eigenvalue weighted by Crippen LogP contribution is -2.56. The molecule has 3 unspecified atom stereocenters. The van der Waals surface area contributed by atoms with Crippen molar-refractivity contribution in [3.05, 3.63) is 29.8 Å². The van der Waals surface area contributed by atoms with Crippen molar-refractivity contribution in [2.75, 3.05) is 6.61 Å². The van der Waals surface area contributed by atoms with Crippen molar-refractivity contribution < 1.29 is 9.53 Å². The van der Waals surface area contributed by atoms with Crippen LogP contribution in [0.4, 0.5) is 0 Å². The maximum atomic E-state index is 12.5. The highest BCUT2D eigenvalue weighted by Crippen LogP contribution is 2.34. The summed E-state index contributed by atoms with van der Waals surface area (Å²) in [5, 5.41) is 3.08. The van der Waals surface area contributed by atoms with E-state index in [1.165, 1.54) is 6.42 Å². The van der Waals surface area contributed by atoms with E-state index in [0.29, 0.717) is 12.5 Å². The average Bonchev–Trinajstić information content (AvgIpc) is 2.82. The standard InChI is InChI=1S/C16H22N2O2/c1-11-5-4-8-16(17,9-11)15(19)18-13-10-20-14-7-3-2-6-12(13)14/h2-3,6-7,11,13H,4-5,8-10,17H2,1H3,(H,18,19). The molecular formula is C16H22N2O2. The first-order valence-corrected chi connectivity index (χ1v) is 7.40. The molecule has 1 aliphatic carbocycles. The van der Waals surface area contributed by atoms with Crippen LogP contribution in [0, 0.1) is 5.92 Å². The highest BCUT2D eigenvalue weighted by Gasteiger charge is 2.39. The van der Waals surface area contributed by atoms with E-state index in [-0.39, 0.29) is 11.9 Å². The lowest BCUT2D eigenvalue weighted by molar-refractivity contribution is -0.128. The van der Waals surface area contributed by atoms with Crippen molar-refractivity contribution in [3.8, 4) is 5.75 Å². The second-order valence-electron chi connectivity index (χ2n) is 6.23. The smallest absolute Gasteiger partial charge is 0.240 e. The number of hydrogen-bond acceptors (Lipinski definition) is 3. The number of ether oxygens (including phenoxy) is 1. The summed E-state index contributed by atoms with van der Waals surface area (Å²) in [6.07, 6.45) is 3.75. The summed E-state index contributed by atoms with van der Waals surface area (Å²) in [6, 6.07) is 7.77. The fraction of sp³-hybridized carbons (Fsp3) is 0.562. The summed E-state index contributed by atoms with van der Waals surface area (Å²) in [5.74, 6) is 1.35. The highest BCUT2D eigenvalue weighted by atomic mass is 16.5. The molecule has 1 aliphatic heterocycles. The molecule has 0 spiro atoms. The molecule has 20 heavy (non-hydrogen) atoms. The maximum absolute atomic E-state index is 12.5. The van der Waals surface area contributed by atoms with Crippen LogP contribution in [0.2, 0.25) is 0 Å². The number of rotatable bonds is 2. The van der Waals surface area contributed by atoms with E-state index in [0.717, 1.165) is 30.6 Å². The van der Waals surface area contributed by atoms with E-state index in [9.17, 15) is 4.79 Å². The molecule has 108 valence electrons. The van der Waals surface area contributed by atoms with E-state index in [4.69, 9.17) is 10.5 Å². The number of amides is 1. The van der Waals surface area contributed by atoms with Crippen molar-refractivity contribution in [3.63, 3.8) is 0 Å². The molecule has 0 bridgehead atoms. The van der Waals surface area contributed by atoms with Gasteiger partial charge >= 0.3 is 0 Å². The molecule has 1 aromatic carbocycles. The Bertz CT molecular complexity index is 517. The van der Waals surface area contributed by atoms with Crippen molar-refractivity contribution in [2.45, 2.75) is 44.2 Å². The monoisotopic (exact) mass is 274 g/mol. The van der Waals surface area contributed by atoms with Crippen LogP contribution in [0.25, 0.3) is 0 Å². The lowest BCUT2D eigenvalue weighted by Gasteiger charge is -2.36. The molecule has 0 radical (unpaired) electrons. The second-order valence-corrected chi connectivity index (χ2v) is 6.23. The first-order chi connectivity index (χ1) is 9.58. The molecule has 1 saturated carbocycles. The van der Waals surface area contributed by atoms with Crippen LogP contribution in [0.5, 0.6) is 5.75 Å². The molecule has 3 rings (SSSR count). The Kier molecular flexibility index (Phi) is 3.42. The minimum absolute atomic E-state index is 0.0330. The molecule has 0 aromatic heterocycles. The second kappa shape index (κ2) is 5.09. The third-order valence-electron chi connectivity index (χ3n) is 4.49. The van der Waals surface area contributed by atoms with Crippen molar-refractivity contribution in [2.24, 2.45) is 11.7 Å². The number of benzene rings is 1. The van der Waals surface area contributed by atoms with Gasteiger partial charge in [-0.05, 0) is 24.8 Å². The lowest BCUT2D eigenvalue weighted by atomic mass is 9.76. The SMILES string of the molecule is CC1CCCC(N)(C(=O)NC2COc3ccccc32)C1. The van der Waals surface area contributed by atoms with E-state index in [2.05, 4.69) is 12.2 Å². The molecule has 1 fully saturated rings. The molecule has 1 heterocycles. The maximum Gasteiger partial charge on any atom is 0.240 e. The quantitative estimate of drug-likeness (QED) is 0.868. The zero-order valence-electron chi connectivity index (χ0n) is 11.9. The first kappa shape index (κ1) is 13.4. The highest BCUT2D eigenvalue weighted by molar-refractivity contribution is 5.86. The molecule has 2 aliphatic rings. The van der Waals surface area contributed by atoms with Gasteiger partial charge in [-0.2, -0.15) is 0 Å². The van der Waals surface area contributed by atoms with E-state index < -0.39 is 5.54 Å². The van der Waals surface area contributed by atoms with Crippen LogP contribution in [-0.2, 0) is 4.79 Å². The van der Waals surface area contributed by atoms with Gasteiger partial charge in [0.05, 0.1) is 11.6 Å². The topological polar surface area (TPSA) is 64.4 Å². The van der Waals surface area contributed by atoms with Crippen LogP contribution in [0.1, 0.15) is 44.2 Å². The molecule has 0 saturated heterocycles. The number of carbonyl (C=O) groups excluding carboxylic acids is 1. The number of para-hydroxylation sites is 1. The average molecular weight is 274 g/mol. The Balaban J connectivity index is 1.71. The third-order valence-corrected chi connectivity index (χ3v) is 4.49. The summed E-state index contributed by atoms with van der Waals surface area (Å²) < 4.78 is 5.60. The van der Waals surface area contributed by atoms with Gasteiger partial charge < -0.3 is 15.8 Å². The zero-order valence-corrected chi connectivity index (χ0v) is 11.9. The number of nitrogens with two attached hydrogens (primary N) is 1. The van der Waals surface area contributed by atoms with Gasteiger partial charge in [-0.25, -0.2) is 0 Å². The normalized spacial score (nSPS) is 32.3. The number of nitrogens with one attached hydrogen (secondary N) is 1. The van der Waals surface area contributed by atoms with E-state index in [1.54, 1.807) is 0 Å². The molecule has 3 N–H and O–H groups in total. The van der Waals surface area contributed by atoms with Crippen molar-refractivity contribution in [1.29, 1.82) is 0 Å². The van der Waals surface area contributed by atoms with Crippen molar-refractivity contribution in [1.82, 2.24) is 5.32 Å². The van der Waals surface area contributed by atoms with Crippen LogP contribution >= 0.6 is 0 Å². The molecule has 1 aromatic rings. The van der Waals surface area contributed by atoms with Gasteiger partial charge in [-0.15, -0.1) is 0 Å². The predicted molar refractivity (Wildman–Crippen MR) is 77.4 cm³/mol. The van der Waals surface area contributed by atoms with Gasteiger partial charge in [0.1, 0.15) is 12.4 Å². The molecule has 3 atom stereocenters. The summed E-state index contributed by atoms with van der Waals surface area (Å²) in [4.78, 5) is 12.5. The molecular weight excluding hydrogens is 252 g/mol. The van der Waals surface area contributed by atoms with Crippen LogP contribution < -0.4 is 15.8 Å². The third kappa shape index (κ3) is 2.40. The Morgan fingerprint density at radius 2 is 2.25 bits per heavy atom. The largest absolute Gasteiger partial charge is 0.491 e.